The summed E-state index contributed by atoms with van der Waals surface area (Å²) < 4.78 is 50.4. The zero-order valence-corrected chi connectivity index (χ0v) is 17.6. The van der Waals surface area contributed by atoms with Crippen molar-refractivity contribution < 1.29 is 37.4 Å². The quantitative estimate of drug-likeness (QED) is 0.534. The zero-order valence-electron chi connectivity index (χ0n) is 17.6. The van der Waals surface area contributed by atoms with Crippen molar-refractivity contribution in [3.8, 4) is 5.75 Å². The highest BCUT2D eigenvalue weighted by atomic mass is 19.4. The van der Waals surface area contributed by atoms with Crippen molar-refractivity contribution in [2.45, 2.75) is 31.6 Å². The van der Waals surface area contributed by atoms with E-state index in [1.807, 2.05) is 0 Å². The van der Waals surface area contributed by atoms with Gasteiger partial charge in [-0.05, 0) is 42.7 Å². The number of nitrogens with zero attached hydrogens (tertiary/aromatic N) is 1. The van der Waals surface area contributed by atoms with Gasteiger partial charge in [0.05, 0.1) is 18.2 Å². The van der Waals surface area contributed by atoms with Gasteiger partial charge in [0.15, 0.2) is 0 Å². The molecule has 2 aliphatic heterocycles. The Balaban J connectivity index is 1.68. The van der Waals surface area contributed by atoms with Crippen LogP contribution in [0, 0.1) is 5.92 Å². The number of carbonyl (C=O) groups is 2. The first kappa shape index (κ1) is 23.1. The molecule has 33 heavy (non-hydrogen) atoms. The SMILES string of the molecule is O=C(NO)c1ccc2c(c1)OC[C@H](c1ccc(C(F)(F)F)cc1)N(C(=O)C1CCOCC1)C2. The number of amides is 2. The summed E-state index contributed by atoms with van der Waals surface area (Å²) in [6.07, 6.45) is -3.33. The molecule has 0 radical (unpaired) electrons. The number of carbonyl (C=O) groups excluding carboxylic acids is 2. The summed E-state index contributed by atoms with van der Waals surface area (Å²) in [6, 6.07) is 8.70. The molecule has 2 aromatic rings. The van der Waals surface area contributed by atoms with Gasteiger partial charge in [0.2, 0.25) is 5.91 Å². The van der Waals surface area contributed by atoms with E-state index in [-0.39, 0.29) is 30.5 Å². The predicted molar refractivity (Wildman–Crippen MR) is 109 cm³/mol. The highest BCUT2D eigenvalue weighted by molar-refractivity contribution is 5.93. The normalized spacial score (nSPS) is 19.3. The fourth-order valence-electron chi connectivity index (χ4n) is 4.16. The second-order valence-corrected chi connectivity index (χ2v) is 8.06. The van der Waals surface area contributed by atoms with Crippen LogP contribution in [0.2, 0.25) is 0 Å². The van der Waals surface area contributed by atoms with Crippen molar-refractivity contribution in [2.75, 3.05) is 19.8 Å². The van der Waals surface area contributed by atoms with Crippen molar-refractivity contribution in [3.63, 3.8) is 0 Å². The maximum atomic E-state index is 13.5. The first-order valence-electron chi connectivity index (χ1n) is 10.5. The lowest BCUT2D eigenvalue weighted by molar-refractivity contribution is -0.142. The lowest BCUT2D eigenvalue weighted by Gasteiger charge is -2.34. The Labute approximate surface area is 188 Å². The Kier molecular flexibility index (Phi) is 6.57. The molecule has 1 atom stereocenters. The van der Waals surface area contributed by atoms with E-state index in [0.717, 1.165) is 12.1 Å². The van der Waals surface area contributed by atoms with Crippen molar-refractivity contribution in [2.24, 2.45) is 5.92 Å². The number of hydrogen-bond acceptors (Lipinski definition) is 5. The lowest BCUT2D eigenvalue weighted by atomic mass is 9.95. The van der Waals surface area contributed by atoms with Gasteiger partial charge in [0.1, 0.15) is 12.4 Å². The fourth-order valence-corrected chi connectivity index (χ4v) is 4.16. The Morgan fingerprint density at radius 2 is 1.76 bits per heavy atom. The van der Waals surface area contributed by atoms with Gasteiger partial charge in [-0.2, -0.15) is 13.2 Å². The molecule has 2 aliphatic rings. The average Bonchev–Trinajstić information content (AvgIpc) is 3.02. The summed E-state index contributed by atoms with van der Waals surface area (Å²) in [6.45, 7) is 1.11. The first-order chi connectivity index (χ1) is 15.8. The molecule has 0 unspecified atom stereocenters. The summed E-state index contributed by atoms with van der Waals surface area (Å²) in [4.78, 5) is 26.9. The average molecular weight is 464 g/mol. The minimum atomic E-state index is -4.46. The molecule has 0 aliphatic carbocycles. The fraction of sp³-hybridized carbons (Fsp3) is 0.391. The highest BCUT2D eigenvalue weighted by Crippen LogP contribution is 2.36. The largest absolute Gasteiger partial charge is 0.491 e. The zero-order chi connectivity index (χ0) is 23.6. The van der Waals surface area contributed by atoms with E-state index < -0.39 is 23.7 Å². The molecule has 0 bridgehead atoms. The number of hydrogen-bond donors (Lipinski definition) is 2. The van der Waals surface area contributed by atoms with E-state index in [4.69, 9.17) is 14.7 Å². The maximum Gasteiger partial charge on any atom is 0.416 e. The van der Waals surface area contributed by atoms with Crippen LogP contribution in [0.5, 0.6) is 5.75 Å². The van der Waals surface area contributed by atoms with Gasteiger partial charge in [-0.25, -0.2) is 5.48 Å². The van der Waals surface area contributed by atoms with Crippen molar-refractivity contribution in [3.05, 3.63) is 64.7 Å². The number of alkyl halides is 3. The Morgan fingerprint density at radius 1 is 1.06 bits per heavy atom. The van der Waals surface area contributed by atoms with Crippen LogP contribution in [0.15, 0.2) is 42.5 Å². The van der Waals surface area contributed by atoms with E-state index in [1.165, 1.54) is 24.3 Å². The van der Waals surface area contributed by atoms with Crippen LogP contribution in [0.4, 0.5) is 13.2 Å². The molecule has 2 amide bonds. The molecule has 1 saturated heterocycles. The molecule has 7 nitrogen and oxygen atoms in total. The highest BCUT2D eigenvalue weighted by Gasteiger charge is 2.36. The number of halogens is 3. The molecule has 1 fully saturated rings. The van der Waals surface area contributed by atoms with Crippen molar-refractivity contribution >= 4 is 11.8 Å². The molecular formula is C23H23F3N2O5. The molecule has 176 valence electrons. The van der Waals surface area contributed by atoms with E-state index >= 15 is 0 Å². The van der Waals surface area contributed by atoms with Gasteiger partial charge in [-0.1, -0.05) is 18.2 Å². The van der Waals surface area contributed by atoms with Gasteiger partial charge in [-0.3, -0.25) is 14.8 Å². The van der Waals surface area contributed by atoms with Gasteiger partial charge in [0.25, 0.3) is 5.91 Å². The minimum absolute atomic E-state index is 0.00246. The summed E-state index contributed by atoms with van der Waals surface area (Å²) in [5.74, 6) is -0.705. The third-order valence-corrected chi connectivity index (χ3v) is 6.02. The predicted octanol–water partition coefficient (Wildman–Crippen LogP) is 3.71. The van der Waals surface area contributed by atoms with Crippen LogP contribution in [0.3, 0.4) is 0 Å². The van der Waals surface area contributed by atoms with Crippen molar-refractivity contribution in [1.29, 1.82) is 0 Å². The first-order valence-corrected chi connectivity index (χ1v) is 10.5. The number of hydroxylamine groups is 1. The number of nitrogens with one attached hydrogen (secondary N) is 1. The second kappa shape index (κ2) is 9.40. The van der Waals surface area contributed by atoms with Crippen LogP contribution >= 0.6 is 0 Å². The standard InChI is InChI=1S/C23H23F3N2O5/c24-23(25,26)18-5-3-14(4-6-18)19-13-33-20-11-16(21(29)27-31)1-2-17(20)12-28(19)22(30)15-7-9-32-10-8-15/h1-6,11,15,19,31H,7-10,12-13H2,(H,27,29)/t19-/m1/s1. The Morgan fingerprint density at radius 3 is 2.39 bits per heavy atom. The summed E-state index contributed by atoms with van der Waals surface area (Å²) in [5, 5.41) is 8.89. The van der Waals surface area contributed by atoms with Crippen molar-refractivity contribution in [1.82, 2.24) is 10.4 Å². The van der Waals surface area contributed by atoms with Gasteiger partial charge < -0.3 is 14.4 Å². The second-order valence-electron chi connectivity index (χ2n) is 8.06. The molecule has 10 heteroatoms. The smallest absolute Gasteiger partial charge is 0.416 e. The number of benzene rings is 2. The maximum absolute atomic E-state index is 13.5. The van der Waals surface area contributed by atoms with Crippen LogP contribution < -0.4 is 10.2 Å². The summed E-state index contributed by atoms with van der Waals surface area (Å²) in [5.41, 5.74) is 2.13. The number of rotatable bonds is 3. The molecular weight excluding hydrogens is 441 g/mol. The van der Waals surface area contributed by atoms with Crippen LogP contribution in [-0.4, -0.2) is 41.7 Å². The third kappa shape index (κ3) is 4.96. The lowest BCUT2D eigenvalue weighted by Crippen LogP contribution is -2.41. The molecule has 4 rings (SSSR count). The molecule has 0 spiro atoms. The Bertz CT molecular complexity index is 1020. The van der Waals surface area contributed by atoms with E-state index in [9.17, 15) is 22.8 Å². The molecule has 2 aromatic carbocycles. The number of ether oxygens (including phenoxy) is 2. The third-order valence-electron chi connectivity index (χ3n) is 6.02. The monoisotopic (exact) mass is 464 g/mol. The van der Waals surface area contributed by atoms with Gasteiger partial charge in [-0.15, -0.1) is 0 Å². The van der Waals surface area contributed by atoms with E-state index in [1.54, 1.807) is 16.4 Å². The molecule has 2 heterocycles. The van der Waals surface area contributed by atoms with Gasteiger partial charge in [0, 0.05) is 30.3 Å². The summed E-state index contributed by atoms with van der Waals surface area (Å²) >= 11 is 0. The molecule has 0 aromatic heterocycles. The van der Waals surface area contributed by atoms with Crippen LogP contribution in [-0.2, 0) is 22.3 Å². The molecule has 0 saturated carbocycles. The number of fused-ring (bicyclic) bond motifs is 1. The van der Waals surface area contributed by atoms with E-state index in [2.05, 4.69) is 0 Å². The van der Waals surface area contributed by atoms with Gasteiger partial charge >= 0.3 is 6.18 Å². The molecule has 2 N–H and O–H groups in total. The minimum Gasteiger partial charge on any atom is -0.491 e. The Hall–Kier alpha value is -3.11. The topological polar surface area (TPSA) is 88.1 Å². The van der Waals surface area contributed by atoms with Crippen LogP contribution in [0.25, 0.3) is 0 Å². The summed E-state index contributed by atoms with van der Waals surface area (Å²) in [7, 11) is 0. The van der Waals surface area contributed by atoms with Crippen LogP contribution in [0.1, 0.15) is 45.9 Å². The van der Waals surface area contributed by atoms with E-state index in [0.29, 0.717) is 42.9 Å².